The predicted octanol–water partition coefficient (Wildman–Crippen LogP) is 2.01. The largest absolute Gasteiger partial charge is 0.326 e. The molecule has 1 rings (SSSR count). The van der Waals surface area contributed by atoms with Crippen LogP contribution in [0.4, 0.5) is 4.39 Å². The first kappa shape index (κ1) is 10.4. The van der Waals surface area contributed by atoms with Crippen LogP contribution < -0.4 is 5.73 Å². The zero-order chi connectivity index (χ0) is 7.56. The Balaban J connectivity index is 0.000001000. The lowest BCUT2D eigenvalue weighted by Crippen LogP contribution is -1.96. The van der Waals surface area contributed by atoms with Crippen LogP contribution in [0.3, 0.4) is 0 Å². The summed E-state index contributed by atoms with van der Waals surface area (Å²) in [6.45, 7) is 2.20. The average Bonchev–Trinajstić information content (AvgIpc) is 1.95. The van der Waals surface area contributed by atoms with Crippen LogP contribution in [0.1, 0.15) is 11.1 Å². The van der Waals surface area contributed by atoms with Crippen LogP contribution in [-0.2, 0) is 6.54 Å². The maximum Gasteiger partial charge on any atom is 0.126 e. The van der Waals surface area contributed by atoms with Crippen LogP contribution in [0.2, 0.25) is 0 Å². The van der Waals surface area contributed by atoms with Crippen LogP contribution in [-0.4, -0.2) is 0 Å². The molecule has 0 aliphatic heterocycles. The number of nitrogens with two attached hydrogens (primary N) is 1. The summed E-state index contributed by atoms with van der Waals surface area (Å²) in [6, 6.07) is 4.90. The molecule has 0 unspecified atom stereocenters. The van der Waals surface area contributed by atoms with Gasteiger partial charge in [-0.2, -0.15) is 0 Å². The number of rotatable bonds is 1. The van der Waals surface area contributed by atoms with Crippen molar-refractivity contribution in [1.82, 2.24) is 0 Å². The zero-order valence-electron chi connectivity index (χ0n) is 6.30. The Morgan fingerprint density at radius 1 is 1.45 bits per heavy atom. The Bertz CT molecular complexity index is 238. The van der Waals surface area contributed by atoms with Gasteiger partial charge in [-0.15, -0.1) is 12.4 Å². The van der Waals surface area contributed by atoms with Crippen molar-refractivity contribution in [2.45, 2.75) is 13.5 Å². The summed E-state index contributed by atoms with van der Waals surface area (Å²) in [5, 5.41) is 0. The fourth-order valence-corrected chi connectivity index (χ4v) is 0.834. The first-order chi connectivity index (χ1) is 4.74. The Morgan fingerprint density at radius 3 is 2.55 bits per heavy atom. The van der Waals surface area contributed by atoms with Gasteiger partial charge < -0.3 is 5.73 Å². The standard InChI is InChI=1S/C8H10FN.ClH/c1-6-4-7(5-10)2-3-8(6)9;/h2-4H,5,10H2,1H3;1H. The van der Waals surface area contributed by atoms with E-state index in [1.165, 1.54) is 6.07 Å². The molecule has 0 saturated carbocycles. The molecule has 0 aromatic heterocycles. The molecule has 0 saturated heterocycles. The van der Waals surface area contributed by atoms with Gasteiger partial charge in [0.05, 0.1) is 0 Å². The molecule has 1 aromatic carbocycles. The molecule has 2 N–H and O–H groups in total. The lowest BCUT2D eigenvalue weighted by molar-refractivity contribution is 0.617. The SMILES string of the molecule is Cc1cc(CN)ccc1F.Cl. The van der Waals surface area contributed by atoms with E-state index >= 15 is 0 Å². The summed E-state index contributed by atoms with van der Waals surface area (Å²) in [4.78, 5) is 0. The summed E-state index contributed by atoms with van der Waals surface area (Å²) in [5.41, 5.74) is 6.97. The van der Waals surface area contributed by atoms with Crippen molar-refractivity contribution in [3.63, 3.8) is 0 Å². The molecular formula is C8H11ClFN. The second-order valence-corrected chi connectivity index (χ2v) is 2.29. The summed E-state index contributed by atoms with van der Waals surface area (Å²) < 4.78 is 12.6. The third-order valence-electron chi connectivity index (χ3n) is 1.46. The summed E-state index contributed by atoms with van der Waals surface area (Å²) in [5.74, 6) is -0.169. The van der Waals surface area contributed by atoms with E-state index in [0.29, 0.717) is 12.1 Å². The lowest BCUT2D eigenvalue weighted by atomic mass is 10.1. The number of benzene rings is 1. The number of hydrogen-bond acceptors (Lipinski definition) is 1. The van der Waals surface area contributed by atoms with Crippen LogP contribution >= 0.6 is 12.4 Å². The van der Waals surface area contributed by atoms with Gasteiger partial charge in [0.25, 0.3) is 0 Å². The lowest BCUT2D eigenvalue weighted by Gasteiger charge is -1.98. The molecule has 0 radical (unpaired) electrons. The van der Waals surface area contributed by atoms with Gasteiger partial charge in [0.2, 0.25) is 0 Å². The number of halogens is 2. The van der Waals surface area contributed by atoms with Gasteiger partial charge in [-0.05, 0) is 24.1 Å². The molecule has 62 valence electrons. The number of aryl methyl sites for hydroxylation is 1. The first-order valence-electron chi connectivity index (χ1n) is 3.19. The van der Waals surface area contributed by atoms with Crippen LogP contribution in [0.15, 0.2) is 18.2 Å². The zero-order valence-corrected chi connectivity index (χ0v) is 7.12. The van der Waals surface area contributed by atoms with E-state index in [-0.39, 0.29) is 18.2 Å². The molecule has 0 fully saturated rings. The van der Waals surface area contributed by atoms with Gasteiger partial charge in [-0.1, -0.05) is 12.1 Å². The second-order valence-electron chi connectivity index (χ2n) is 2.29. The van der Waals surface area contributed by atoms with Crippen LogP contribution in [0, 0.1) is 12.7 Å². The fourth-order valence-electron chi connectivity index (χ4n) is 0.834. The highest BCUT2D eigenvalue weighted by molar-refractivity contribution is 5.85. The minimum absolute atomic E-state index is 0. The Morgan fingerprint density at radius 2 is 2.09 bits per heavy atom. The van der Waals surface area contributed by atoms with E-state index in [2.05, 4.69) is 0 Å². The Labute approximate surface area is 71.8 Å². The van der Waals surface area contributed by atoms with E-state index < -0.39 is 0 Å². The number of hydrogen-bond donors (Lipinski definition) is 1. The molecule has 0 amide bonds. The third-order valence-corrected chi connectivity index (χ3v) is 1.46. The molecule has 1 aromatic rings. The van der Waals surface area contributed by atoms with Gasteiger partial charge in [0.15, 0.2) is 0 Å². The third kappa shape index (κ3) is 2.48. The van der Waals surface area contributed by atoms with E-state index in [4.69, 9.17) is 5.73 Å². The maximum absolute atomic E-state index is 12.6. The highest BCUT2D eigenvalue weighted by Crippen LogP contribution is 2.07. The molecule has 11 heavy (non-hydrogen) atoms. The second kappa shape index (κ2) is 4.31. The van der Waals surface area contributed by atoms with Crippen LogP contribution in [0.5, 0.6) is 0 Å². The topological polar surface area (TPSA) is 26.0 Å². The summed E-state index contributed by atoms with van der Waals surface area (Å²) in [7, 11) is 0. The van der Waals surface area contributed by atoms with Gasteiger partial charge in [0, 0.05) is 6.54 Å². The predicted molar refractivity (Wildman–Crippen MR) is 46.3 cm³/mol. The van der Waals surface area contributed by atoms with Crippen LogP contribution in [0.25, 0.3) is 0 Å². The van der Waals surface area contributed by atoms with Crippen molar-refractivity contribution in [1.29, 1.82) is 0 Å². The Hall–Kier alpha value is -0.600. The van der Waals surface area contributed by atoms with Crippen molar-refractivity contribution in [3.8, 4) is 0 Å². The van der Waals surface area contributed by atoms with Gasteiger partial charge >= 0.3 is 0 Å². The molecule has 0 bridgehead atoms. The van der Waals surface area contributed by atoms with E-state index in [1.807, 2.05) is 0 Å². The molecule has 0 atom stereocenters. The van der Waals surface area contributed by atoms with Gasteiger partial charge in [-0.3, -0.25) is 0 Å². The van der Waals surface area contributed by atoms with Crippen molar-refractivity contribution < 1.29 is 4.39 Å². The van der Waals surface area contributed by atoms with Crippen molar-refractivity contribution in [2.24, 2.45) is 5.73 Å². The maximum atomic E-state index is 12.6. The molecule has 0 aliphatic carbocycles. The van der Waals surface area contributed by atoms with E-state index in [0.717, 1.165) is 5.56 Å². The summed E-state index contributed by atoms with van der Waals surface area (Å²) in [6.07, 6.45) is 0. The van der Waals surface area contributed by atoms with Crippen molar-refractivity contribution in [3.05, 3.63) is 35.1 Å². The molecule has 1 nitrogen and oxygen atoms in total. The molecule has 0 aliphatic rings. The molecular weight excluding hydrogens is 165 g/mol. The minimum atomic E-state index is -0.169. The monoisotopic (exact) mass is 175 g/mol. The van der Waals surface area contributed by atoms with Crippen molar-refractivity contribution in [2.75, 3.05) is 0 Å². The highest BCUT2D eigenvalue weighted by atomic mass is 35.5. The molecule has 0 spiro atoms. The summed E-state index contributed by atoms with van der Waals surface area (Å²) >= 11 is 0. The Kier molecular flexibility index (Phi) is 4.08. The fraction of sp³-hybridized carbons (Fsp3) is 0.250. The smallest absolute Gasteiger partial charge is 0.126 e. The van der Waals surface area contributed by atoms with Crippen molar-refractivity contribution >= 4 is 12.4 Å². The minimum Gasteiger partial charge on any atom is -0.326 e. The molecule has 0 heterocycles. The normalized spacial score (nSPS) is 9.00. The van der Waals surface area contributed by atoms with E-state index in [1.54, 1.807) is 19.1 Å². The van der Waals surface area contributed by atoms with E-state index in [9.17, 15) is 4.39 Å². The highest BCUT2D eigenvalue weighted by Gasteiger charge is 1.95. The van der Waals surface area contributed by atoms with Gasteiger partial charge in [0.1, 0.15) is 5.82 Å². The first-order valence-corrected chi connectivity index (χ1v) is 3.19. The average molecular weight is 176 g/mol. The van der Waals surface area contributed by atoms with Gasteiger partial charge in [-0.25, -0.2) is 4.39 Å². The quantitative estimate of drug-likeness (QED) is 0.695. The molecule has 3 heteroatoms.